The van der Waals surface area contributed by atoms with E-state index in [9.17, 15) is 0 Å². The van der Waals surface area contributed by atoms with Crippen LogP contribution in [0.3, 0.4) is 0 Å². The van der Waals surface area contributed by atoms with Crippen molar-refractivity contribution < 1.29 is 10.2 Å². The van der Waals surface area contributed by atoms with Crippen LogP contribution in [0.4, 0.5) is 0 Å². The Labute approximate surface area is 162 Å². The molecule has 2 N–H and O–H groups in total. The lowest BCUT2D eigenvalue weighted by atomic mass is 9.48. The molecule has 2 nitrogen and oxygen atoms in total. The van der Waals surface area contributed by atoms with Crippen LogP contribution in [-0.2, 0) is 0 Å². The summed E-state index contributed by atoms with van der Waals surface area (Å²) in [5.74, 6) is 3.36. The molecule has 0 spiro atoms. The van der Waals surface area contributed by atoms with E-state index in [0.717, 1.165) is 36.0 Å². The van der Waals surface area contributed by atoms with Crippen molar-refractivity contribution in [3.8, 4) is 0 Å². The van der Waals surface area contributed by atoms with E-state index >= 15 is 0 Å². The smallest absolute Gasteiger partial charge is 0.151 e. The summed E-state index contributed by atoms with van der Waals surface area (Å²) in [5, 5.41) is 17.6. The van der Waals surface area contributed by atoms with E-state index in [0.29, 0.717) is 6.42 Å². The van der Waals surface area contributed by atoms with Gasteiger partial charge < -0.3 is 10.2 Å². The lowest BCUT2D eigenvalue weighted by Gasteiger charge is -2.57. The molecule has 4 fully saturated rings. The molecule has 4 saturated carbocycles. The second-order valence-electron chi connectivity index (χ2n) is 10.3. The van der Waals surface area contributed by atoms with Gasteiger partial charge in [0.05, 0.1) is 0 Å². The first-order valence-electron chi connectivity index (χ1n) is 12.0. The molecule has 0 unspecified atom stereocenters. The van der Waals surface area contributed by atoms with E-state index < -0.39 is 6.29 Å². The zero-order valence-corrected chi connectivity index (χ0v) is 17.1. The van der Waals surface area contributed by atoms with Gasteiger partial charge in [0.1, 0.15) is 0 Å². The number of aliphatic hydroxyl groups excluding tert-OH is 1. The maximum Gasteiger partial charge on any atom is 0.151 e. The van der Waals surface area contributed by atoms with E-state index in [1.807, 2.05) is 0 Å². The molecule has 0 heterocycles. The number of rotatable bonds is 14. The zero-order valence-electron chi connectivity index (χ0n) is 17.1. The number of aliphatic hydroxyl groups is 2. The number of hydrogen-bond donors (Lipinski definition) is 2. The summed E-state index contributed by atoms with van der Waals surface area (Å²) in [6.07, 6.45) is 25.3. The lowest BCUT2D eigenvalue weighted by Crippen LogP contribution is -2.45. The van der Waals surface area contributed by atoms with Gasteiger partial charge in [0.15, 0.2) is 6.29 Å². The van der Waals surface area contributed by atoms with Gasteiger partial charge in [-0.25, -0.2) is 0 Å². The third-order valence-corrected chi connectivity index (χ3v) is 7.83. The fourth-order valence-corrected chi connectivity index (χ4v) is 7.01. The van der Waals surface area contributed by atoms with Gasteiger partial charge in [-0.1, -0.05) is 64.2 Å². The monoisotopic (exact) mass is 364 g/mol. The zero-order chi connectivity index (χ0) is 18.2. The largest absolute Gasteiger partial charge is 0.368 e. The molecule has 152 valence electrons. The van der Waals surface area contributed by atoms with Crippen molar-refractivity contribution in [2.45, 2.75) is 128 Å². The SMILES string of the molecule is OC(O)CCCCCCCCCCCCCC12CC3CC(CC(C3)C1)C2. The maximum absolute atomic E-state index is 8.80. The number of unbranched alkanes of at least 4 members (excludes halogenated alkanes) is 10. The van der Waals surface area contributed by atoms with E-state index in [2.05, 4.69) is 0 Å². The molecule has 4 aliphatic carbocycles. The van der Waals surface area contributed by atoms with E-state index in [1.54, 1.807) is 44.9 Å². The highest BCUT2D eigenvalue weighted by atomic mass is 16.5. The Morgan fingerprint density at radius 2 is 0.962 bits per heavy atom. The quantitative estimate of drug-likeness (QED) is 0.270. The van der Waals surface area contributed by atoms with E-state index in [1.165, 1.54) is 57.8 Å². The van der Waals surface area contributed by atoms with Crippen LogP contribution in [0.25, 0.3) is 0 Å². The molecule has 4 rings (SSSR count). The van der Waals surface area contributed by atoms with Crippen LogP contribution < -0.4 is 0 Å². The molecule has 0 amide bonds. The summed E-state index contributed by atoms with van der Waals surface area (Å²) in [7, 11) is 0. The number of hydrogen-bond acceptors (Lipinski definition) is 2. The average molecular weight is 365 g/mol. The highest BCUT2D eigenvalue weighted by Gasteiger charge is 2.50. The molecule has 4 bridgehead atoms. The molecule has 2 heteroatoms. The molecule has 26 heavy (non-hydrogen) atoms. The van der Waals surface area contributed by atoms with Gasteiger partial charge in [-0.3, -0.25) is 0 Å². The summed E-state index contributed by atoms with van der Waals surface area (Å²) < 4.78 is 0. The van der Waals surface area contributed by atoms with Crippen molar-refractivity contribution in [3.05, 3.63) is 0 Å². The summed E-state index contributed by atoms with van der Waals surface area (Å²) in [6.45, 7) is 0. The van der Waals surface area contributed by atoms with Gasteiger partial charge in [0, 0.05) is 0 Å². The molecule has 4 aliphatic rings. The molecule has 0 aliphatic heterocycles. The van der Waals surface area contributed by atoms with Crippen LogP contribution in [0.1, 0.15) is 122 Å². The van der Waals surface area contributed by atoms with E-state index in [-0.39, 0.29) is 0 Å². The highest BCUT2D eigenvalue weighted by molar-refractivity contribution is 5.01. The second kappa shape index (κ2) is 10.5. The molecule has 0 atom stereocenters. The summed E-state index contributed by atoms with van der Waals surface area (Å²) in [4.78, 5) is 0. The molecule has 0 aromatic carbocycles. The van der Waals surface area contributed by atoms with Crippen LogP contribution in [0.2, 0.25) is 0 Å². The Balaban J connectivity index is 1.11. The van der Waals surface area contributed by atoms with Crippen molar-refractivity contribution in [2.75, 3.05) is 0 Å². The standard InChI is InChI=1S/C24H44O2/c25-23(26)12-10-8-6-4-2-1-3-5-7-9-11-13-24-17-20-14-21(18-24)16-22(15-20)19-24/h20-23,25-26H,1-19H2. The third kappa shape index (κ3) is 6.51. The fraction of sp³-hybridized carbons (Fsp3) is 1.00. The van der Waals surface area contributed by atoms with Crippen molar-refractivity contribution in [2.24, 2.45) is 23.2 Å². The first kappa shape index (κ1) is 20.6. The maximum atomic E-state index is 8.80. The van der Waals surface area contributed by atoms with Gasteiger partial charge in [-0.15, -0.1) is 0 Å². The second-order valence-corrected chi connectivity index (χ2v) is 10.3. The topological polar surface area (TPSA) is 40.5 Å². The molecular formula is C24H44O2. The van der Waals surface area contributed by atoms with E-state index in [4.69, 9.17) is 10.2 Å². The van der Waals surface area contributed by atoms with Gasteiger partial charge >= 0.3 is 0 Å². The van der Waals surface area contributed by atoms with Crippen LogP contribution in [0, 0.1) is 23.2 Å². The fourth-order valence-electron chi connectivity index (χ4n) is 7.01. The Morgan fingerprint density at radius 3 is 1.38 bits per heavy atom. The minimum absolute atomic E-state index is 0.545. The Morgan fingerprint density at radius 1 is 0.577 bits per heavy atom. The first-order chi connectivity index (χ1) is 12.7. The van der Waals surface area contributed by atoms with Crippen molar-refractivity contribution >= 4 is 0 Å². The minimum Gasteiger partial charge on any atom is -0.368 e. The lowest BCUT2D eigenvalue weighted by molar-refractivity contribution is -0.0583. The molecule has 0 saturated heterocycles. The molecule has 0 aromatic heterocycles. The molecule has 0 radical (unpaired) electrons. The average Bonchev–Trinajstić information content (AvgIpc) is 2.57. The van der Waals surface area contributed by atoms with Gasteiger partial charge in [-0.2, -0.15) is 0 Å². The minimum atomic E-state index is -1.10. The van der Waals surface area contributed by atoms with Crippen LogP contribution in [-0.4, -0.2) is 16.5 Å². The van der Waals surface area contributed by atoms with Crippen LogP contribution in [0.5, 0.6) is 0 Å². The Hall–Kier alpha value is -0.0800. The van der Waals surface area contributed by atoms with Crippen molar-refractivity contribution in [1.29, 1.82) is 0 Å². The summed E-state index contributed by atoms with van der Waals surface area (Å²) in [6, 6.07) is 0. The Kier molecular flexibility index (Phi) is 8.31. The van der Waals surface area contributed by atoms with Gasteiger partial charge in [0.25, 0.3) is 0 Å². The Bertz CT molecular complexity index is 354. The normalized spacial score (nSPS) is 32.7. The van der Waals surface area contributed by atoms with Crippen molar-refractivity contribution in [1.82, 2.24) is 0 Å². The molecule has 0 aromatic rings. The molecular weight excluding hydrogens is 320 g/mol. The van der Waals surface area contributed by atoms with Crippen molar-refractivity contribution in [3.63, 3.8) is 0 Å². The van der Waals surface area contributed by atoms with Gasteiger partial charge in [0.2, 0.25) is 0 Å². The van der Waals surface area contributed by atoms with Crippen LogP contribution >= 0.6 is 0 Å². The third-order valence-electron chi connectivity index (χ3n) is 7.83. The predicted molar refractivity (Wildman–Crippen MR) is 109 cm³/mol. The summed E-state index contributed by atoms with van der Waals surface area (Å²) in [5.41, 5.74) is 0.806. The van der Waals surface area contributed by atoms with Gasteiger partial charge in [-0.05, 0) is 81.0 Å². The predicted octanol–water partition coefficient (Wildman–Crippen LogP) is 6.58. The first-order valence-corrected chi connectivity index (χ1v) is 12.0. The van der Waals surface area contributed by atoms with Crippen LogP contribution in [0.15, 0.2) is 0 Å². The summed E-state index contributed by atoms with van der Waals surface area (Å²) >= 11 is 0. The highest BCUT2D eigenvalue weighted by Crippen LogP contribution is 2.61.